The number of rotatable bonds is 3. The zero-order valence-corrected chi connectivity index (χ0v) is 11.4. The van der Waals surface area contributed by atoms with Gasteiger partial charge in [-0.05, 0) is 25.5 Å². The number of nitrogens with zero attached hydrogens (tertiary/aromatic N) is 3. The average Bonchev–Trinajstić information content (AvgIpc) is 2.62. The molecule has 0 aliphatic heterocycles. The van der Waals surface area contributed by atoms with Gasteiger partial charge in [-0.2, -0.15) is 5.10 Å². The molecule has 0 aliphatic rings. The van der Waals surface area contributed by atoms with Gasteiger partial charge in [-0.1, -0.05) is 12.2 Å². The molecule has 2 rings (SSSR count). The lowest BCUT2D eigenvalue weighted by Crippen LogP contribution is -2.16. The zero-order valence-electron chi connectivity index (χ0n) is 10.6. The molecule has 0 bridgehead atoms. The van der Waals surface area contributed by atoms with Crippen molar-refractivity contribution >= 4 is 28.8 Å². The molecule has 2 aromatic rings. The summed E-state index contributed by atoms with van der Waals surface area (Å²) in [5.41, 5.74) is 8.46. The van der Waals surface area contributed by atoms with E-state index in [-0.39, 0.29) is 0 Å². The van der Waals surface area contributed by atoms with Gasteiger partial charge >= 0.3 is 0 Å². The summed E-state index contributed by atoms with van der Waals surface area (Å²) < 4.78 is 1.72. The fourth-order valence-corrected chi connectivity index (χ4v) is 2.11. The summed E-state index contributed by atoms with van der Waals surface area (Å²) in [5.74, 6) is 1.51. The maximum absolute atomic E-state index is 5.76. The lowest BCUT2D eigenvalue weighted by atomic mass is 10.1. The largest absolute Gasteiger partial charge is 0.389 e. The van der Waals surface area contributed by atoms with Gasteiger partial charge in [0.25, 0.3) is 0 Å². The predicted molar refractivity (Wildman–Crippen MR) is 76.1 cm³/mol. The van der Waals surface area contributed by atoms with E-state index in [1.165, 1.54) is 0 Å². The predicted octanol–water partition coefficient (Wildman–Crippen LogP) is 1.81. The average molecular weight is 261 g/mol. The van der Waals surface area contributed by atoms with Gasteiger partial charge in [-0.25, -0.2) is 4.98 Å². The van der Waals surface area contributed by atoms with Gasteiger partial charge in [0.15, 0.2) is 0 Å². The van der Waals surface area contributed by atoms with E-state index in [4.69, 9.17) is 18.0 Å². The quantitative estimate of drug-likeness (QED) is 0.825. The minimum absolute atomic E-state index is 0.338. The summed E-state index contributed by atoms with van der Waals surface area (Å²) in [7, 11) is 1.85. The molecule has 6 heteroatoms. The Kier molecular flexibility index (Phi) is 3.29. The third-order valence-corrected chi connectivity index (χ3v) is 2.86. The van der Waals surface area contributed by atoms with E-state index in [2.05, 4.69) is 15.4 Å². The van der Waals surface area contributed by atoms with Crippen molar-refractivity contribution < 1.29 is 0 Å². The molecule has 5 nitrogen and oxygen atoms in total. The van der Waals surface area contributed by atoms with Gasteiger partial charge in [0, 0.05) is 18.8 Å². The monoisotopic (exact) mass is 261 g/mol. The SMILES string of the molecule is Cc1cc(C)c(C(N)=S)c(Nc2ccnn2C)n1. The van der Waals surface area contributed by atoms with E-state index in [9.17, 15) is 0 Å². The van der Waals surface area contributed by atoms with Crippen molar-refractivity contribution in [1.29, 1.82) is 0 Å². The Labute approximate surface area is 111 Å². The molecular formula is C12H15N5S. The van der Waals surface area contributed by atoms with Crippen molar-refractivity contribution in [2.45, 2.75) is 13.8 Å². The zero-order chi connectivity index (χ0) is 13.3. The van der Waals surface area contributed by atoms with Crippen molar-refractivity contribution in [2.75, 3.05) is 5.32 Å². The molecule has 0 saturated carbocycles. The smallest absolute Gasteiger partial charge is 0.142 e. The normalized spacial score (nSPS) is 10.4. The van der Waals surface area contributed by atoms with Crippen LogP contribution in [0.5, 0.6) is 0 Å². The van der Waals surface area contributed by atoms with Crippen LogP contribution in [0.15, 0.2) is 18.3 Å². The summed E-state index contributed by atoms with van der Waals surface area (Å²) in [5, 5.41) is 7.30. The number of hydrogen-bond acceptors (Lipinski definition) is 4. The number of nitrogens with two attached hydrogens (primary N) is 1. The van der Waals surface area contributed by atoms with Crippen molar-refractivity contribution in [3.05, 3.63) is 35.2 Å². The van der Waals surface area contributed by atoms with Crippen LogP contribution >= 0.6 is 12.2 Å². The van der Waals surface area contributed by atoms with Crippen LogP contribution in [0.1, 0.15) is 16.8 Å². The first-order valence-corrected chi connectivity index (χ1v) is 5.93. The molecule has 18 heavy (non-hydrogen) atoms. The van der Waals surface area contributed by atoms with Crippen LogP contribution in [-0.4, -0.2) is 19.8 Å². The summed E-state index contributed by atoms with van der Waals surface area (Å²) in [6.45, 7) is 3.91. The first kappa shape index (κ1) is 12.5. The third kappa shape index (κ3) is 2.33. The highest BCUT2D eigenvalue weighted by Gasteiger charge is 2.12. The molecule has 3 N–H and O–H groups in total. The summed E-state index contributed by atoms with van der Waals surface area (Å²) >= 11 is 5.08. The second kappa shape index (κ2) is 4.73. The molecule has 2 heterocycles. The standard InChI is InChI=1S/C12H15N5S/c1-7-6-8(2)15-12(10(7)11(13)18)16-9-4-5-14-17(9)3/h4-6H,1-3H3,(H2,13,18)(H,15,16). The van der Waals surface area contributed by atoms with Gasteiger partial charge in [0.1, 0.15) is 16.6 Å². The molecule has 0 spiro atoms. The molecule has 0 aromatic carbocycles. The molecule has 0 unspecified atom stereocenters. The molecule has 0 amide bonds. The highest BCUT2D eigenvalue weighted by molar-refractivity contribution is 7.80. The van der Waals surface area contributed by atoms with Crippen LogP contribution in [0.3, 0.4) is 0 Å². The topological polar surface area (TPSA) is 68.8 Å². The highest BCUT2D eigenvalue weighted by Crippen LogP contribution is 2.22. The third-order valence-electron chi connectivity index (χ3n) is 2.66. The van der Waals surface area contributed by atoms with E-state index in [1.54, 1.807) is 10.9 Å². The van der Waals surface area contributed by atoms with Gasteiger partial charge in [0.2, 0.25) is 0 Å². The van der Waals surface area contributed by atoms with Gasteiger partial charge in [-0.3, -0.25) is 4.68 Å². The van der Waals surface area contributed by atoms with Crippen LogP contribution in [0, 0.1) is 13.8 Å². The van der Waals surface area contributed by atoms with Crippen LogP contribution in [0.25, 0.3) is 0 Å². The second-order valence-electron chi connectivity index (χ2n) is 4.13. The second-order valence-corrected chi connectivity index (χ2v) is 4.57. The maximum atomic E-state index is 5.76. The fourth-order valence-electron chi connectivity index (χ4n) is 1.86. The minimum atomic E-state index is 0.338. The Hall–Kier alpha value is -1.95. The van der Waals surface area contributed by atoms with Gasteiger partial charge in [0.05, 0.1) is 11.8 Å². The summed E-state index contributed by atoms with van der Waals surface area (Å²) in [4.78, 5) is 4.79. The Morgan fingerprint density at radius 2 is 2.17 bits per heavy atom. The first-order valence-electron chi connectivity index (χ1n) is 5.52. The number of nitrogens with one attached hydrogen (secondary N) is 1. The molecule has 0 saturated heterocycles. The van der Waals surface area contributed by atoms with E-state index in [0.29, 0.717) is 10.8 Å². The van der Waals surface area contributed by atoms with E-state index in [0.717, 1.165) is 22.6 Å². The van der Waals surface area contributed by atoms with Crippen molar-refractivity contribution in [3.8, 4) is 0 Å². The van der Waals surface area contributed by atoms with Gasteiger partial charge < -0.3 is 11.1 Å². The lowest BCUT2D eigenvalue weighted by Gasteiger charge is -2.13. The molecule has 0 fully saturated rings. The minimum Gasteiger partial charge on any atom is -0.389 e. The van der Waals surface area contributed by atoms with E-state index >= 15 is 0 Å². The van der Waals surface area contributed by atoms with Gasteiger partial charge in [-0.15, -0.1) is 0 Å². The summed E-state index contributed by atoms with van der Waals surface area (Å²) in [6.07, 6.45) is 1.71. The number of thiocarbonyl (C=S) groups is 1. The molecule has 0 aliphatic carbocycles. The van der Waals surface area contributed by atoms with Crippen LogP contribution in [-0.2, 0) is 7.05 Å². The maximum Gasteiger partial charge on any atom is 0.142 e. The molecule has 2 aromatic heterocycles. The van der Waals surface area contributed by atoms with Crippen LogP contribution in [0.2, 0.25) is 0 Å². The van der Waals surface area contributed by atoms with Crippen molar-refractivity contribution in [1.82, 2.24) is 14.8 Å². The van der Waals surface area contributed by atoms with Crippen LogP contribution < -0.4 is 11.1 Å². The van der Waals surface area contributed by atoms with E-state index < -0.39 is 0 Å². The van der Waals surface area contributed by atoms with Crippen molar-refractivity contribution in [3.63, 3.8) is 0 Å². The number of aromatic nitrogens is 3. The Morgan fingerprint density at radius 3 is 2.72 bits per heavy atom. The highest BCUT2D eigenvalue weighted by atomic mass is 32.1. The fraction of sp³-hybridized carbons (Fsp3) is 0.250. The molecule has 0 radical (unpaired) electrons. The first-order chi connectivity index (χ1) is 8.49. The molecule has 94 valence electrons. The number of aryl methyl sites for hydroxylation is 3. The molecule has 0 atom stereocenters. The Bertz CT molecular complexity index is 603. The number of anilines is 2. The van der Waals surface area contributed by atoms with E-state index in [1.807, 2.05) is 33.0 Å². The summed E-state index contributed by atoms with van der Waals surface area (Å²) in [6, 6.07) is 3.83. The van der Waals surface area contributed by atoms with Crippen LogP contribution in [0.4, 0.5) is 11.6 Å². The lowest BCUT2D eigenvalue weighted by molar-refractivity contribution is 0.776. The molecular weight excluding hydrogens is 246 g/mol. The number of pyridine rings is 1. The van der Waals surface area contributed by atoms with Crippen molar-refractivity contribution in [2.24, 2.45) is 12.8 Å². The Morgan fingerprint density at radius 1 is 1.44 bits per heavy atom. The Balaban J connectivity index is 2.49. The number of hydrogen-bond donors (Lipinski definition) is 2.